The van der Waals surface area contributed by atoms with Crippen molar-refractivity contribution < 1.29 is 4.79 Å². The van der Waals surface area contributed by atoms with Crippen LogP contribution in [0.5, 0.6) is 0 Å². The summed E-state index contributed by atoms with van der Waals surface area (Å²) in [5, 5.41) is 0. The van der Waals surface area contributed by atoms with Crippen LogP contribution < -0.4 is 4.90 Å². The number of amides is 2. The van der Waals surface area contributed by atoms with Crippen LogP contribution in [0.3, 0.4) is 0 Å². The number of hydrogen-bond acceptors (Lipinski definition) is 1. The molecule has 0 atom stereocenters. The standard InChI is InChI=1S/C14H20N2O/c1-11-5-7-12(8-6-11)15-9-10-16(13(15)17)14(2,3)4/h5-8H,9-10H2,1-4H3. The molecule has 0 radical (unpaired) electrons. The number of hydrogen-bond donors (Lipinski definition) is 0. The summed E-state index contributed by atoms with van der Waals surface area (Å²) in [6.07, 6.45) is 0. The van der Waals surface area contributed by atoms with Gasteiger partial charge < -0.3 is 4.90 Å². The lowest BCUT2D eigenvalue weighted by molar-refractivity contribution is 0.173. The lowest BCUT2D eigenvalue weighted by atomic mass is 10.1. The van der Waals surface area contributed by atoms with E-state index in [0.29, 0.717) is 0 Å². The molecule has 0 saturated carbocycles. The maximum Gasteiger partial charge on any atom is 0.325 e. The molecule has 0 aliphatic carbocycles. The van der Waals surface area contributed by atoms with Crippen molar-refractivity contribution in [3.8, 4) is 0 Å². The minimum absolute atomic E-state index is 0.101. The summed E-state index contributed by atoms with van der Waals surface area (Å²) in [5.74, 6) is 0. The van der Waals surface area contributed by atoms with E-state index in [1.54, 1.807) is 0 Å². The summed E-state index contributed by atoms with van der Waals surface area (Å²) in [5.41, 5.74) is 2.11. The first-order valence-electron chi connectivity index (χ1n) is 6.05. The van der Waals surface area contributed by atoms with Gasteiger partial charge in [-0.05, 0) is 39.8 Å². The molecular weight excluding hydrogens is 212 g/mol. The third kappa shape index (κ3) is 2.28. The molecule has 3 nitrogen and oxygen atoms in total. The number of urea groups is 1. The molecule has 3 heteroatoms. The second-order valence-corrected chi connectivity index (χ2v) is 5.59. The van der Waals surface area contributed by atoms with Crippen molar-refractivity contribution in [2.24, 2.45) is 0 Å². The van der Waals surface area contributed by atoms with Crippen LogP contribution in [0, 0.1) is 6.92 Å². The first-order valence-corrected chi connectivity index (χ1v) is 6.05. The van der Waals surface area contributed by atoms with Crippen LogP contribution in [0.2, 0.25) is 0 Å². The molecule has 1 aromatic rings. The van der Waals surface area contributed by atoms with Crippen molar-refractivity contribution in [1.82, 2.24) is 4.90 Å². The van der Waals surface area contributed by atoms with Gasteiger partial charge in [0.15, 0.2) is 0 Å². The fraction of sp³-hybridized carbons (Fsp3) is 0.500. The van der Waals surface area contributed by atoms with Gasteiger partial charge >= 0.3 is 6.03 Å². The molecule has 0 N–H and O–H groups in total. The van der Waals surface area contributed by atoms with Crippen LogP contribution in [0.15, 0.2) is 24.3 Å². The third-order valence-corrected chi connectivity index (χ3v) is 3.16. The van der Waals surface area contributed by atoms with Crippen molar-refractivity contribution in [2.45, 2.75) is 33.2 Å². The van der Waals surface area contributed by atoms with E-state index in [1.807, 2.05) is 34.1 Å². The van der Waals surface area contributed by atoms with Gasteiger partial charge in [0.05, 0.1) is 0 Å². The van der Waals surface area contributed by atoms with E-state index in [2.05, 4.69) is 27.7 Å². The Hall–Kier alpha value is -1.51. The zero-order valence-corrected chi connectivity index (χ0v) is 11.0. The molecule has 1 fully saturated rings. The zero-order valence-electron chi connectivity index (χ0n) is 11.0. The average Bonchev–Trinajstić information content (AvgIpc) is 2.61. The molecule has 1 saturated heterocycles. The normalized spacial score (nSPS) is 16.8. The Morgan fingerprint density at radius 2 is 1.65 bits per heavy atom. The SMILES string of the molecule is Cc1ccc(N2CCN(C(C)(C)C)C2=O)cc1. The maximum atomic E-state index is 12.3. The van der Waals surface area contributed by atoms with E-state index < -0.39 is 0 Å². The summed E-state index contributed by atoms with van der Waals surface area (Å²) in [4.78, 5) is 16.1. The molecule has 0 bridgehead atoms. The van der Waals surface area contributed by atoms with Crippen LogP contribution in [-0.4, -0.2) is 29.6 Å². The molecule has 1 aliphatic heterocycles. The van der Waals surface area contributed by atoms with Gasteiger partial charge in [0.1, 0.15) is 0 Å². The minimum atomic E-state index is -0.101. The van der Waals surface area contributed by atoms with Crippen LogP contribution in [-0.2, 0) is 0 Å². The fourth-order valence-corrected chi connectivity index (χ4v) is 2.12. The smallest absolute Gasteiger partial charge is 0.318 e. The van der Waals surface area contributed by atoms with Crippen molar-refractivity contribution in [1.29, 1.82) is 0 Å². The molecule has 0 aromatic heterocycles. The second kappa shape index (κ2) is 4.06. The topological polar surface area (TPSA) is 23.6 Å². The van der Waals surface area contributed by atoms with Crippen molar-refractivity contribution in [3.05, 3.63) is 29.8 Å². The zero-order chi connectivity index (χ0) is 12.6. The van der Waals surface area contributed by atoms with Gasteiger partial charge in [-0.25, -0.2) is 4.79 Å². The molecule has 0 spiro atoms. The Morgan fingerprint density at radius 3 is 2.12 bits per heavy atom. The number of aryl methyl sites for hydroxylation is 1. The Morgan fingerprint density at radius 1 is 1.06 bits per heavy atom. The van der Waals surface area contributed by atoms with E-state index in [4.69, 9.17) is 0 Å². The number of anilines is 1. The summed E-state index contributed by atoms with van der Waals surface area (Å²) >= 11 is 0. The van der Waals surface area contributed by atoms with E-state index >= 15 is 0 Å². The van der Waals surface area contributed by atoms with Gasteiger partial charge in [0.25, 0.3) is 0 Å². The molecule has 2 rings (SSSR count). The van der Waals surface area contributed by atoms with E-state index in [0.717, 1.165) is 18.8 Å². The largest absolute Gasteiger partial charge is 0.325 e. The molecule has 1 aliphatic rings. The quantitative estimate of drug-likeness (QED) is 0.730. The van der Waals surface area contributed by atoms with Gasteiger partial charge in [-0.2, -0.15) is 0 Å². The van der Waals surface area contributed by atoms with Gasteiger partial charge in [-0.15, -0.1) is 0 Å². The van der Waals surface area contributed by atoms with E-state index in [1.165, 1.54) is 5.56 Å². The van der Waals surface area contributed by atoms with Crippen LogP contribution >= 0.6 is 0 Å². The first kappa shape index (κ1) is 12.0. The molecule has 1 heterocycles. The van der Waals surface area contributed by atoms with Crippen molar-refractivity contribution in [2.75, 3.05) is 18.0 Å². The number of carbonyl (C=O) groups is 1. The van der Waals surface area contributed by atoms with Crippen molar-refractivity contribution >= 4 is 11.7 Å². The predicted octanol–water partition coefficient (Wildman–Crippen LogP) is 3.04. The van der Waals surface area contributed by atoms with Gasteiger partial charge in [0.2, 0.25) is 0 Å². The lowest BCUT2D eigenvalue weighted by Gasteiger charge is -2.31. The van der Waals surface area contributed by atoms with Crippen molar-refractivity contribution in [3.63, 3.8) is 0 Å². The minimum Gasteiger partial charge on any atom is -0.318 e. The van der Waals surface area contributed by atoms with Crippen LogP contribution in [0.1, 0.15) is 26.3 Å². The van der Waals surface area contributed by atoms with E-state index in [9.17, 15) is 4.79 Å². The highest BCUT2D eigenvalue weighted by Gasteiger charge is 2.36. The average molecular weight is 232 g/mol. The van der Waals surface area contributed by atoms with Crippen LogP contribution in [0.4, 0.5) is 10.5 Å². The number of benzene rings is 1. The predicted molar refractivity (Wildman–Crippen MR) is 70.4 cm³/mol. The Kier molecular flexibility index (Phi) is 2.86. The van der Waals surface area contributed by atoms with Gasteiger partial charge in [-0.3, -0.25) is 4.90 Å². The number of carbonyl (C=O) groups excluding carboxylic acids is 1. The second-order valence-electron chi connectivity index (χ2n) is 5.59. The molecule has 92 valence electrons. The summed E-state index contributed by atoms with van der Waals surface area (Å²) in [6, 6.07) is 8.23. The molecule has 1 aromatic carbocycles. The Balaban J connectivity index is 2.21. The highest BCUT2D eigenvalue weighted by atomic mass is 16.2. The monoisotopic (exact) mass is 232 g/mol. The van der Waals surface area contributed by atoms with Crippen LogP contribution in [0.25, 0.3) is 0 Å². The Labute approximate surface area is 103 Å². The molecule has 17 heavy (non-hydrogen) atoms. The van der Waals surface area contributed by atoms with E-state index in [-0.39, 0.29) is 11.6 Å². The summed E-state index contributed by atoms with van der Waals surface area (Å²) < 4.78 is 0. The Bertz CT molecular complexity index is 417. The number of rotatable bonds is 1. The summed E-state index contributed by atoms with van der Waals surface area (Å²) in [7, 11) is 0. The van der Waals surface area contributed by atoms with Gasteiger partial charge in [0, 0.05) is 24.3 Å². The fourth-order valence-electron chi connectivity index (χ4n) is 2.12. The molecular formula is C14H20N2O. The number of nitrogens with zero attached hydrogens (tertiary/aromatic N) is 2. The van der Waals surface area contributed by atoms with Gasteiger partial charge in [-0.1, -0.05) is 17.7 Å². The highest BCUT2D eigenvalue weighted by Crippen LogP contribution is 2.25. The third-order valence-electron chi connectivity index (χ3n) is 3.16. The highest BCUT2D eigenvalue weighted by molar-refractivity contribution is 5.94. The molecule has 0 unspecified atom stereocenters. The lowest BCUT2D eigenvalue weighted by Crippen LogP contribution is -2.44. The molecule has 2 amide bonds. The first-order chi connectivity index (χ1) is 7.89. The maximum absolute atomic E-state index is 12.3. The summed E-state index contributed by atoms with van der Waals surface area (Å²) in [6.45, 7) is 9.85.